The average molecular weight is 835 g/mol. The van der Waals surface area contributed by atoms with Crippen molar-refractivity contribution in [1.82, 2.24) is 0 Å². The van der Waals surface area contributed by atoms with E-state index in [-0.39, 0.29) is 54.6 Å². The van der Waals surface area contributed by atoms with Crippen LogP contribution in [0.4, 0.5) is 35.1 Å². The highest BCUT2D eigenvalue weighted by atomic mass is 35.5. The van der Waals surface area contributed by atoms with E-state index in [2.05, 4.69) is 5.16 Å². The van der Waals surface area contributed by atoms with E-state index in [4.69, 9.17) is 39.9 Å². The zero-order valence-electron chi connectivity index (χ0n) is 28.5. The summed E-state index contributed by atoms with van der Waals surface area (Å²) in [6.07, 6.45) is -9.53. The summed E-state index contributed by atoms with van der Waals surface area (Å²) in [5.74, 6) is -5.49. The fourth-order valence-electron chi connectivity index (χ4n) is 5.79. The van der Waals surface area contributed by atoms with Gasteiger partial charge in [-0.3, -0.25) is 4.79 Å². The molecular formula is C40H25Cl2F8N3O4. The fourth-order valence-corrected chi connectivity index (χ4v) is 6.21. The molecule has 0 spiro atoms. The number of nitrogens with two attached hydrogens (primary N) is 2. The van der Waals surface area contributed by atoms with Crippen molar-refractivity contribution in [2.75, 3.05) is 0 Å². The standard InChI is InChI=1S/C20H13ClF4N2O2.C20H12ClF4NO2/c21-15-6-11(7-16(22)18(15)28)13-8-12(20(23,24)25)9-14(19(26)27-29)17(13)10-4-2-1-3-5-10;21-15-6-11(7-16(22)18(15)27)13-8-12(20(23,24)25)9-14(19(26)28)17(13)10-4-2-1-3-5-10/h1-9,28-29H,(H2,26,27);1-9,27H,(H2,26,28). The van der Waals surface area contributed by atoms with Crippen molar-refractivity contribution in [1.29, 1.82) is 0 Å². The summed E-state index contributed by atoms with van der Waals surface area (Å²) in [5.41, 5.74) is 9.12. The zero-order valence-corrected chi connectivity index (χ0v) is 30.0. The van der Waals surface area contributed by atoms with Crippen molar-refractivity contribution in [3.8, 4) is 56.0 Å². The molecule has 0 unspecified atom stereocenters. The summed E-state index contributed by atoms with van der Waals surface area (Å²) >= 11 is 11.6. The monoisotopic (exact) mass is 833 g/mol. The van der Waals surface area contributed by atoms with Crippen LogP contribution in [0.3, 0.4) is 0 Å². The van der Waals surface area contributed by atoms with Gasteiger partial charge in [0.1, 0.15) is 0 Å². The Bertz CT molecular complexity index is 2470. The number of amidine groups is 1. The SMILES string of the molecule is NC(=NO)c1cc(C(F)(F)F)cc(-c2cc(F)c(O)c(Cl)c2)c1-c1ccccc1.NC(=O)c1cc(C(F)(F)F)cc(-c2cc(F)c(O)c(Cl)c2)c1-c1ccccc1. The van der Waals surface area contributed by atoms with Crippen LogP contribution < -0.4 is 11.5 Å². The number of hydrogen-bond acceptors (Lipinski definition) is 5. The second-order valence-electron chi connectivity index (χ2n) is 12.0. The van der Waals surface area contributed by atoms with Gasteiger partial charge in [-0.25, -0.2) is 8.78 Å². The van der Waals surface area contributed by atoms with Crippen molar-refractivity contribution in [2.45, 2.75) is 12.4 Å². The summed E-state index contributed by atoms with van der Waals surface area (Å²) in [6, 6.07) is 23.3. The van der Waals surface area contributed by atoms with Gasteiger partial charge in [-0.1, -0.05) is 89.0 Å². The van der Waals surface area contributed by atoms with Crippen LogP contribution in [0.1, 0.15) is 27.0 Å². The van der Waals surface area contributed by atoms with Crippen molar-refractivity contribution in [3.63, 3.8) is 0 Å². The normalized spacial score (nSPS) is 11.9. The molecule has 0 aromatic heterocycles. The molecular weight excluding hydrogens is 809 g/mol. The van der Waals surface area contributed by atoms with Gasteiger partial charge in [0.2, 0.25) is 5.91 Å². The molecule has 0 saturated carbocycles. The minimum atomic E-state index is -4.77. The highest BCUT2D eigenvalue weighted by Gasteiger charge is 2.35. The molecule has 17 heteroatoms. The number of hydrogen-bond donors (Lipinski definition) is 5. The summed E-state index contributed by atoms with van der Waals surface area (Å²) in [6.45, 7) is 0. The van der Waals surface area contributed by atoms with Gasteiger partial charge in [0.05, 0.1) is 21.2 Å². The molecule has 6 aromatic rings. The largest absolute Gasteiger partial charge is 0.504 e. The maximum Gasteiger partial charge on any atom is 0.416 e. The first-order valence-electron chi connectivity index (χ1n) is 16.0. The zero-order chi connectivity index (χ0) is 42.0. The lowest BCUT2D eigenvalue weighted by Gasteiger charge is -2.19. The highest BCUT2D eigenvalue weighted by Crippen LogP contribution is 2.44. The molecule has 0 bridgehead atoms. The number of aromatic hydroxyl groups is 2. The second-order valence-corrected chi connectivity index (χ2v) is 12.9. The average Bonchev–Trinajstić information content (AvgIpc) is 3.17. The Morgan fingerprint density at radius 2 is 0.930 bits per heavy atom. The fraction of sp³-hybridized carbons (Fsp3) is 0.0500. The minimum Gasteiger partial charge on any atom is -0.504 e. The molecule has 6 aromatic carbocycles. The Labute approximate surface area is 327 Å². The number of primary amides is 1. The van der Waals surface area contributed by atoms with E-state index in [0.29, 0.717) is 17.2 Å². The molecule has 0 aliphatic heterocycles. The predicted molar refractivity (Wildman–Crippen MR) is 199 cm³/mol. The molecule has 0 saturated heterocycles. The molecule has 0 radical (unpaired) electrons. The van der Waals surface area contributed by atoms with Crippen LogP contribution in [0.15, 0.2) is 114 Å². The third-order valence-corrected chi connectivity index (χ3v) is 8.94. The number of phenolic OH excluding ortho intramolecular Hbond substituents is 2. The lowest BCUT2D eigenvalue weighted by atomic mass is 9.88. The number of phenols is 2. The number of alkyl halides is 6. The first-order valence-corrected chi connectivity index (χ1v) is 16.7. The molecule has 0 heterocycles. The van der Waals surface area contributed by atoms with Gasteiger partial charge in [-0.15, -0.1) is 0 Å². The number of rotatable bonds is 6. The summed E-state index contributed by atoms with van der Waals surface area (Å²) < 4.78 is 109. The van der Waals surface area contributed by atoms with Crippen molar-refractivity contribution >= 4 is 34.9 Å². The highest BCUT2D eigenvalue weighted by molar-refractivity contribution is 6.32. The third-order valence-electron chi connectivity index (χ3n) is 8.36. The Morgan fingerprint density at radius 3 is 1.26 bits per heavy atom. The van der Waals surface area contributed by atoms with E-state index in [0.717, 1.165) is 42.5 Å². The van der Waals surface area contributed by atoms with Gasteiger partial charge in [-0.05, 0) is 81.9 Å². The van der Waals surface area contributed by atoms with E-state index < -0.39 is 58.4 Å². The van der Waals surface area contributed by atoms with Gasteiger partial charge < -0.3 is 26.9 Å². The summed E-state index contributed by atoms with van der Waals surface area (Å²) in [7, 11) is 0. The summed E-state index contributed by atoms with van der Waals surface area (Å²) in [5, 5.41) is 30.3. The third kappa shape index (κ3) is 9.06. The van der Waals surface area contributed by atoms with E-state index >= 15 is 0 Å². The molecule has 294 valence electrons. The van der Waals surface area contributed by atoms with E-state index in [9.17, 15) is 50.1 Å². The molecule has 6 rings (SSSR count). The van der Waals surface area contributed by atoms with E-state index in [1.165, 1.54) is 0 Å². The van der Waals surface area contributed by atoms with Gasteiger partial charge in [0.25, 0.3) is 0 Å². The predicted octanol–water partition coefficient (Wildman–Crippen LogP) is 11.3. The van der Waals surface area contributed by atoms with E-state index in [1.807, 2.05) is 0 Å². The lowest BCUT2D eigenvalue weighted by Crippen LogP contribution is -2.17. The van der Waals surface area contributed by atoms with Gasteiger partial charge in [0, 0.05) is 22.3 Å². The Hall–Kier alpha value is -6.32. The number of nitrogens with zero attached hydrogens (tertiary/aromatic N) is 1. The number of oxime groups is 1. The lowest BCUT2D eigenvalue weighted by molar-refractivity contribution is -0.138. The topological polar surface area (TPSA) is 142 Å². The summed E-state index contributed by atoms with van der Waals surface area (Å²) in [4.78, 5) is 12.0. The molecule has 57 heavy (non-hydrogen) atoms. The van der Waals surface area contributed by atoms with Gasteiger partial charge in [0.15, 0.2) is 29.0 Å². The number of halogens is 10. The Morgan fingerprint density at radius 1 is 0.561 bits per heavy atom. The molecule has 0 aliphatic carbocycles. The maximum atomic E-state index is 14.1. The van der Waals surface area contributed by atoms with Crippen molar-refractivity contribution < 1.29 is 55.3 Å². The Kier molecular flexibility index (Phi) is 12.1. The molecule has 0 fully saturated rings. The maximum absolute atomic E-state index is 14.1. The molecule has 7 nitrogen and oxygen atoms in total. The van der Waals surface area contributed by atoms with Crippen LogP contribution in [0, 0.1) is 11.6 Å². The number of amides is 1. The molecule has 1 amide bonds. The van der Waals surface area contributed by atoms with Crippen LogP contribution in [-0.2, 0) is 12.4 Å². The number of benzene rings is 6. The molecule has 0 aliphatic rings. The number of carbonyl (C=O) groups excluding carboxylic acids is 1. The smallest absolute Gasteiger partial charge is 0.416 e. The minimum absolute atomic E-state index is 0.0257. The first-order chi connectivity index (χ1) is 26.7. The van der Waals surface area contributed by atoms with Crippen molar-refractivity contribution in [2.24, 2.45) is 16.6 Å². The van der Waals surface area contributed by atoms with E-state index in [1.54, 1.807) is 60.7 Å². The number of carbonyl (C=O) groups is 1. The Balaban J connectivity index is 0.000000218. The molecule has 7 N–H and O–H groups in total. The van der Waals surface area contributed by atoms with Crippen LogP contribution in [0.5, 0.6) is 11.5 Å². The van der Waals surface area contributed by atoms with Crippen LogP contribution >= 0.6 is 23.2 Å². The van der Waals surface area contributed by atoms with Crippen LogP contribution in [0.2, 0.25) is 10.0 Å². The quantitative estimate of drug-likeness (QED) is 0.0373. The first kappa shape index (κ1) is 41.8. The van der Waals surface area contributed by atoms with Crippen LogP contribution in [0.25, 0.3) is 44.5 Å². The van der Waals surface area contributed by atoms with Gasteiger partial charge >= 0.3 is 12.4 Å². The molecule has 0 atom stereocenters. The second kappa shape index (κ2) is 16.4. The van der Waals surface area contributed by atoms with Gasteiger partial charge in [-0.2, -0.15) is 26.3 Å². The van der Waals surface area contributed by atoms with Crippen LogP contribution in [-0.4, -0.2) is 27.2 Å². The van der Waals surface area contributed by atoms with Crippen molar-refractivity contribution in [3.05, 3.63) is 153 Å².